The van der Waals surface area contributed by atoms with Crippen molar-refractivity contribution in [2.45, 2.75) is 19.4 Å². The molecule has 1 unspecified atom stereocenters. The monoisotopic (exact) mass is 303 g/mol. The second-order valence-corrected chi connectivity index (χ2v) is 5.52. The molecule has 4 heteroatoms. The molecule has 2 aromatic carbocycles. The molecule has 0 aliphatic heterocycles. The van der Waals surface area contributed by atoms with Gasteiger partial charge >= 0.3 is 0 Å². The van der Waals surface area contributed by atoms with Crippen molar-refractivity contribution in [1.29, 1.82) is 5.26 Å². The maximum absolute atomic E-state index is 10.2. The number of benzene rings is 2. The Bertz CT molecular complexity index is 916. The molecule has 1 heterocycles. The van der Waals surface area contributed by atoms with E-state index in [1.165, 1.54) is 0 Å². The molecule has 4 nitrogen and oxygen atoms in total. The van der Waals surface area contributed by atoms with Crippen molar-refractivity contribution in [2.24, 2.45) is 0 Å². The number of allylic oxidation sites excluding steroid dienone is 1. The number of aliphatic hydroxyl groups is 1. The van der Waals surface area contributed by atoms with Crippen LogP contribution in [0.1, 0.15) is 29.7 Å². The molecule has 23 heavy (non-hydrogen) atoms. The maximum atomic E-state index is 10.2. The van der Waals surface area contributed by atoms with Gasteiger partial charge in [0.1, 0.15) is 0 Å². The van der Waals surface area contributed by atoms with Crippen molar-refractivity contribution < 1.29 is 5.11 Å². The van der Waals surface area contributed by atoms with Crippen molar-refractivity contribution in [2.75, 3.05) is 0 Å². The second-order valence-electron chi connectivity index (χ2n) is 5.52. The standard InChI is InChI=1S/C19H17N3O/c1-3-4-13-7-15(10-20)19(12(2)23)16(8-13)14-5-6-17-18(9-14)22-11-21-17/h3,5-9,11-12,23H,1,4H2,2H3,(H,21,22). The first-order valence-corrected chi connectivity index (χ1v) is 7.43. The zero-order chi connectivity index (χ0) is 16.4. The first-order chi connectivity index (χ1) is 11.1. The van der Waals surface area contributed by atoms with Crippen LogP contribution < -0.4 is 0 Å². The lowest BCUT2D eigenvalue weighted by atomic mass is 9.89. The van der Waals surface area contributed by atoms with E-state index in [0.717, 1.165) is 27.7 Å². The van der Waals surface area contributed by atoms with Gasteiger partial charge in [-0.1, -0.05) is 18.2 Å². The number of aromatic nitrogens is 2. The number of imidazole rings is 1. The molecular weight excluding hydrogens is 286 g/mol. The third kappa shape index (κ3) is 2.75. The van der Waals surface area contributed by atoms with Crippen LogP contribution in [0, 0.1) is 11.3 Å². The van der Waals surface area contributed by atoms with Crippen molar-refractivity contribution >= 4 is 11.0 Å². The van der Waals surface area contributed by atoms with Crippen molar-refractivity contribution in [3.05, 3.63) is 66.0 Å². The topological polar surface area (TPSA) is 72.7 Å². The van der Waals surface area contributed by atoms with Gasteiger partial charge in [0.25, 0.3) is 0 Å². The molecule has 1 aromatic heterocycles. The Balaban J connectivity index is 2.28. The molecule has 0 radical (unpaired) electrons. The van der Waals surface area contributed by atoms with E-state index in [-0.39, 0.29) is 0 Å². The molecule has 0 aliphatic carbocycles. The van der Waals surface area contributed by atoms with Crippen LogP contribution in [0.4, 0.5) is 0 Å². The molecule has 0 spiro atoms. The van der Waals surface area contributed by atoms with Gasteiger partial charge in [0.15, 0.2) is 0 Å². The summed E-state index contributed by atoms with van der Waals surface area (Å²) in [6.07, 6.45) is 3.40. The Morgan fingerprint density at radius 1 is 1.39 bits per heavy atom. The second kappa shape index (κ2) is 6.07. The molecule has 3 aromatic rings. The number of hydrogen-bond donors (Lipinski definition) is 2. The first kappa shape index (κ1) is 15.0. The molecule has 0 saturated carbocycles. The highest BCUT2D eigenvalue weighted by atomic mass is 16.3. The lowest BCUT2D eigenvalue weighted by Crippen LogP contribution is -2.01. The van der Waals surface area contributed by atoms with E-state index in [1.807, 2.05) is 30.3 Å². The van der Waals surface area contributed by atoms with Gasteiger partial charge in [0.2, 0.25) is 0 Å². The molecule has 0 saturated heterocycles. The van der Waals surface area contributed by atoms with E-state index in [1.54, 1.807) is 19.3 Å². The lowest BCUT2D eigenvalue weighted by molar-refractivity contribution is 0.199. The van der Waals surface area contributed by atoms with E-state index in [0.29, 0.717) is 17.5 Å². The predicted molar refractivity (Wildman–Crippen MR) is 90.8 cm³/mol. The number of aromatic amines is 1. The third-order valence-corrected chi connectivity index (χ3v) is 3.89. The summed E-state index contributed by atoms with van der Waals surface area (Å²) in [4.78, 5) is 7.35. The molecule has 0 fully saturated rings. The van der Waals surface area contributed by atoms with Gasteiger partial charge in [-0.05, 0) is 48.2 Å². The number of nitrogens with zero attached hydrogens (tertiary/aromatic N) is 2. The summed E-state index contributed by atoms with van der Waals surface area (Å²) in [5.74, 6) is 0. The van der Waals surface area contributed by atoms with Gasteiger partial charge in [-0.25, -0.2) is 4.98 Å². The van der Waals surface area contributed by atoms with E-state index < -0.39 is 6.10 Å². The average Bonchev–Trinajstić information content (AvgIpc) is 3.01. The van der Waals surface area contributed by atoms with Crippen LogP contribution in [-0.2, 0) is 6.42 Å². The maximum Gasteiger partial charge on any atom is 0.0995 e. The molecule has 114 valence electrons. The number of nitriles is 1. The van der Waals surface area contributed by atoms with Crippen molar-refractivity contribution in [3.8, 4) is 17.2 Å². The van der Waals surface area contributed by atoms with Crippen LogP contribution >= 0.6 is 0 Å². The summed E-state index contributed by atoms with van der Waals surface area (Å²) in [5, 5.41) is 19.6. The highest BCUT2D eigenvalue weighted by molar-refractivity contribution is 5.83. The van der Waals surface area contributed by atoms with Crippen LogP contribution in [0.5, 0.6) is 0 Å². The van der Waals surface area contributed by atoms with E-state index >= 15 is 0 Å². The van der Waals surface area contributed by atoms with Gasteiger partial charge in [-0.2, -0.15) is 5.26 Å². The fraction of sp³-hybridized carbons (Fsp3) is 0.158. The normalized spacial score (nSPS) is 12.0. The number of aliphatic hydroxyl groups excluding tert-OH is 1. The number of H-pyrrole nitrogens is 1. The summed E-state index contributed by atoms with van der Waals surface area (Å²) in [6.45, 7) is 5.44. The SMILES string of the molecule is C=CCc1cc(C#N)c(C(C)O)c(-c2ccc3[nH]cnc3c2)c1. The third-order valence-electron chi connectivity index (χ3n) is 3.89. The van der Waals surface area contributed by atoms with Crippen LogP contribution in [0.25, 0.3) is 22.2 Å². The van der Waals surface area contributed by atoms with Crippen LogP contribution in [0.3, 0.4) is 0 Å². The molecule has 1 atom stereocenters. The average molecular weight is 303 g/mol. The Labute approximate surface area is 134 Å². The highest BCUT2D eigenvalue weighted by Crippen LogP contribution is 2.33. The van der Waals surface area contributed by atoms with Crippen molar-refractivity contribution in [1.82, 2.24) is 9.97 Å². The summed E-state index contributed by atoms with van der Waals surface area (Å²) in [6, 6.07) is 11.9. The number of fused-ring (bicyclic) bond motifs is 1. The van der Waals surface area contributed by atoms with Gasteiger partial charge in [0, 0.05) is 5.56 Å². The Hall–Kier alpha value is -2.90. The minimum absolute atomic E-state index is 0.497. The van der Waals surface area contributed by atoms with Gasteiger partial charge < -0.3 is 10.1 Å². The van der Waals surface area contributed by atoms with Crippen LogP contribution in [-0.4, -0.2) is 15.1 Å². The summed E-state index contributed by atoms with van der Waals surface area (Å²) in [7, 11) is 0. The number of rotatable bonds is 4. The summed E-state index contributed by atoms with van der Waals surface area (Å²) in [5.41, 5.74) is 5.75. The summed E-state index contributed by atoms with van der Waals surface area (Å²) >= 11 is 0. The highest BCUT2D eigenvalue weighted by Gasteiger charge is 2.17. The largest absolute Gasteiger partial charge is 0.389 e. The molecule has 0 amide bonds. The minimum atomic E-state index is -0.729. The number of hydrogen-bond acceptors (Lipinski definition) is 3. The van der Waals surface area contributed by atoms with E-state index in [9.17, 15) is 10.4 Å². The minimum Gasteiger partial charge on any atom is -0.389 e. The van der Waals surface area contributed by atoms with Crippen LogP contribution in [0.15, 0.2) is 49.3 Å². The quantitative estimate of drug-likeness (QED) is 0.718. The zero-order valence-electron chi connectivity index (χ0n) is 12.9. The van der Waals surface area contributed by atoms with Gasteiger partial charge in [-0.15, -0.1) is 6.58 Å². The Morgan fingerprint density at radius 3 is 2.91 bits per heavy atom. The van der Waals surface area contributed by atoms with Gasteiger partial charge in [-0.3, -0.25) is 0 Å². The smallest absolute Gasteiger partial charge is 0.0995 e. The zero-order valence-corrected chi connectivity index (χ0v) is 12.9. The number of nitrogens with one attached hydrogen (secondary N) is 1. The first-order valence-electron chi connectivity index (χ1n) is 7.43. The molecule has 0 aliphatic rings. The predicted octanol–water partition coefficient (Wildman–Crippen LogP) is 3.88. The fourth-order valence-electron chi connectivity index (χ4n) is 2.88. The van der Waals surface area contributed by atoms with Crippen LogP contribution in [0.2, 0.25) is 0 Å². The van der Waals surface area contributed by atoms with Gasteiger partial charge in [0.05, 0.1) is 35.1 Å². The molecular formula is C19H17N3O. The fourth-order valence-corrected chi connectivity index (χ4v) is 2.88. The Kier molecular flexibility index (Phi) is 3.96. The lowest BCUT2D eigenvalue weighted by Gasteiger charge is -2.16. The van der Waals surface area contributed by atoms with E-state index in [4.69, 9.17) is 0 Å². The Morgan fingerprint density at radius 2 is 2.22 bits per heavy atom. The van der Waals surface area contributed by atoms with E-state index in [2.05, 4.69) is 22.6 Å². The summed E-state index contributed by atoms with van der Waals surface area (Å²) < 4.78 is 0. The molecule has 3 rings (SSSR count). The molecule has 2 N–H and O–H groups in total. The molecule has 0 bridgehead atoms. The van der Waals surface area contributed by atoms with Crippen molar-refractivity contribution in [3.63, 3.8) is 0 Å².